The summed E-state index contributed by atoms with van der Waals surface area (Å²) in [6.07, 6.45) is -1.06. The predicted molar refractivity (Wildman–Crippen MR) is 151 cm³/mol. The molecule has 208 valence electrons. The van der Waals surface area contributed by atoms with Crippen LogP contribution in [0.3, 0.4) is 0 Å². The van der Waals surface area contributed by atoms with E-state index in [1.807, 2.05) is 99.8 Å². The van der Waals surface area contributed by atoms with E-state index in [1.54, 1.807) is 0 Å². The van der Waals surface area contributed by atoms with Crippen molar-refractivity contribution in [1.29, 1.82) is 0 Å². The van der Waals surface area contributed by atoms with Gasteiger partial charge in [0.25, 0.3) is 0 Å². The minimum Gasteiger partial charge on any atom is -0.392 e. The molecule has 2 amide bonds. The van der Waals surface area contributed by atoms with Gasteiger partial charge in [-0.05, 0) is 49.7 Å². The molecule has 4 N–H and O–H groups in total. The molecule has 5 atom stereocenters. The topological polar surface area (TPSA) is 103 Å². The minimum atomic E-state index is -0.648. The number of nitrogens with zero attached hydrogens (tertiary/aromatic N) is 1. The summed E-state index contributed by atoms with van der Waals surface area (Å²) >= 11 is 0. The summed E-state index contributed by atoms with van der Waals surface area (Å²) in [7, 11) is 1.99. The number of benzene rings is 3. The lowest BCUT2D eigenvalue weighted by molar-refractivity contribution is -0.253. The number of amides is 2. The number of likely N-dealkylation sites (N-methyl/N-ethyl adjacent to an activating group) is 1. The van der Waals surface area contributed by atoms with E-state index >= 15 is 0 Å². The van der Waals surface area contributed by atoms with Crippen molar-refractivity contribution in [3.05, 3.63) is 101 Å². The standard InChI is InChI=1S/C31H39N3O5/c1-4-32-31(37)33-26-12-8-11-25(17-26)30-38-27(18-28(39-30)23-15-13-22(20-35)14-16-23)19-34(3)21(2)29(36)24-9-6-5-7-10-24/h5-17,21,27-30,35-36H,4,18-20H2,1-3H3,(H2,32,33,37)/t21-,27-,28+,29-,30?/m0/s1. The Bertz CT molecular complexity index is 1190. The largest absolute Gasteiger partial charge is 0.392 e. The predicted octanol–water partition coefficient (Wildman–Crippen LogP) is 4.92. The zero-order valence-electron chi connectivity index (χ0n) is 22.8. The molecule has 1 unspecified atom stereocenters. The van der Waals surface area contributed by atoms with E-state index in [1.165, 1.54) is 0 Å². The molecular formula is C31H39N3O5. The Kier molecular flexibility index (Phi) is 10.1. The third kappa shape index (κ3) is 7.65. The Hall–Kier alpha value is -3.27. The van der Waals surface area contributed by atoms with Gasteiger partial charge in [0.15, 0.2) is 6.29 Å². The summed E-state index contributed by atoms with van der Waals surface area (Å²) in [5.74, 6) is 0. The van der Waals surface area contributed by atoms with E-state index in [9.17, 15) is 15.0 Å². The molecule has 1 heterocycles. The number of carbonyl (C=O) groups is 1. The first-order valence-electron chi connectivity index (χ1n) is 13.5. The van der Waals surface area contributed by atoms with Crippen LogP contribution in [0.15, 0.2) is 78.9 Å². The lowest BCUT2D eigenvalue weighted by atomic mass is 9.98. The van der Waals surface area contributed by atoms with Gasteiger partial charge in [0, 0.05) is 36.8 Å². The zero-order chi connectivity index (χ0) is 27.8. The summed E-state index contributed by atoms with van der Waals surface area (Å²) in [5, 5.41) is 26.0. The van der Waals surface area contributed by atoms with Crippen LogP contribution in [-0.2, 0) is 16.1 Å². The van der Waals surface area contributed by atoms with Crippen LogP contribution < -0.4 is 10.6 Å². The summed E-state index contributed by atoms with van der Waals surface area (Å²) in [6.45, 7) is 4.98. The van der Waals surface area contributed by atoms with E-state index in [0.717, 1.165) is 22.3 Å². The highest BCUT2D eigenvalue weighted by Gasteiger charge is 2.34. The fourth-order valence-corrected chi connectivity index (χ4v) is 4.79. The number of rotatable bonds is 10. The SMILES string of the molecule is CCNC(=O)Nc1cccc(C2O[C@H](CN(C)[C@@H](C)[C@H](O)c3ccccc3)C[C@H](c3ccc(CO)cc3)O2)c1. The maximum Gasteiger partial charge on any atom is 0.319 e. The number of urea groups is 1. The van der Waals surface area contributed by atoms with Gasteiger partial charge in [0.05, 0.1) is 24.9 Å². The fourth-order valence-electron chi connectivity index (χ4n) is 4.79. The molecule has 8 nitrogen and oxygen atoms in total. The van der Waals surface area contributed by atoms with Gasteiger partial charge in [-0.2, -0.15) is 0 Å². The molecule has 3 aromatic rings. The number of hydrogen-bond donors (Lipinski definition) is 4. The van der Waals surface area contributed by atoms with E-state index < -0.39 is 12.4 Å². The van der Waals surface area contributed by atoms with Gasteiger partial charge in [-0.25, -0.2) is 4.79 Å². The highest BCUT2D eigenvalue weighted by atomic mass is 16.7. The van der Waals surface area contributed by atoms with Gasteiger partial charge in [0.1, 0.15) is 0 Å². The fraction of sp³-hybridized carbons (Fsp3) is 0.387. The Balaban J connectivity index is 1.53. The molecule has 0 spiro atoms. The highest BCUT2D eigenvalue weighted by Crippen LogP contribution is 2.39. The van der Waals surface area contributed by atoms with Crippen LogP contribution in [0.4, 0.5) is 10.5 Å². The van der Waals surface area contributed by atoms with Crippen LogP contribution in [0.25, 0.3) is 0 Å². The lowest BCUT2D eigenvalue weighted by Crippen LogP contribution is -2.43. The molecule has 8 heteroatoms. The maximum absolute atomic E-state index is 12.1. The summed E-state index contributed by atoms with van der Waals surface area (Å²) in [5.41, 5.74) is 4.16. The number of ether oxygens (including phenoxy) is 2. The van der Waals surface area contributed by atoms with Crippen LogP contribution >= 0.6 is 0 Å². The first-order chi connectivity index (χ1) is 18.9. The molecule has 0 aliphatic carbocycles. The van der Waals surface area contributed by atoms with Crippen molar-refractivity contribution in [3.63, 3.8) is 0 Å². The number of nitrogens with one attached hydrogen (secondary N) is 2. The van der Waals surface area contributed by atoms with Crippen molar-refractivity contribution in [3.8, 4) is 0 Å². The second-order valence-corrected chi connectivity index (χ2v) is 10.00. The van der Waals surface area contributed by atoms with Gasteiger partial charge >= 0.3 is 6.03 Å². The first-order valence-corrected chi connectivity index (χ1v) is 13.5. The van der Waals surface area contributed by atoms with Gasteiger partial charge in [0.2, 0.25) is 0 Å². The van der Waals surface area contributed by atoms with Crippen molar-refractivity contribution in [2.75, 3.05) is 25.5 Å². The van der Waals surface area contributed by atoms with Gasteiger partial charge < -0.3 is 30.3 Å². The molecule has 1 aliphatic rings. The van der Waals surface area contributed by atoms with Crippen LogP contribution in [0.1, 0.15) is 61.0 Å². The molecule has 4 rings (SSSR count). The summed E-state index contributed by atoms with van der Waals surface area (Å²) in [6, 6.07) is 24.5. The monoisotopic (exact) mass is 533 g/mol. The molecule has 1 saturated heterocycles. The molecular weight excluding hydrogens is 494 g/mol. The number of aliphatic hydroxyl groups is 2. The third-order valence-corrected chi connectivity index (χ3v) is 7.15. The number of anilines is 1. The van der Waals surface area contributed by atoms with Crippen molar-refractivity contribution >= 4 is 11.7 Å². The van der Waals surface area contributed by atoms with E-state index in [2.05, 4.69) is 15.5 Å². The number of carbonyl (C=O) groups excluding carboxylic acids is 1. The van der Waals surface area contributed by atoms with Crippen molar-refractivity contribution in [2.45, 2.75) is 57.5 Å². The molecule has 0 aromatic heterocycles. The molecule has 0 radical (unpaired) electrons. The average molecular weight is 534 g/mol. The van der Waals surface area contributed by atoms with Crippen LogP contribution in [0, 0.1) is 0 Å². The number of aliphatic hydroxyl groups excluding tert-OH is 2. The van der Waals surface area contributed by atoms with Crippen LogP contribution in [0.2, 0.25) is 0 Å². The molecule has 3 aromatic carbocycles. The molecule has 1 aliphatic heterocycles. The molecule has 0 bridgehead atoms. The second-order valence-electron chi connectivity index (χ2n) is 10.00. The zero-order valence-corrected chi connectivity index (χ0v) is 22.8. The third-order valence-electron chi connectivity index (χ3n) is 7.15. The Morgan fingerprint density at radius 3 is 2.46 bits per heavy atom. The highest BCUT2D eigenvalue weighted by molar-refractivity contribution is 5.89. The number of hydrogen-bond acceptors (Lipinski definition) is 6. The lowest BCUT2D eigenvalue weighted by Gasteiger charge is -2.39. The molecule has 39 heavy (non-hydrogen) atoms. The minimum absolute atomic E-state index is 0.0159. The van der Waals surface area contributed by atoms with E-state index in [-0.39, 0.29) is 30.9 Å². The summed E-state index contributed by atoms with van der Waals surface area (Å²) < 4.78 is 12.9. The normalized spacial score (nSPS) is 20.8. The Morgan fingerprint density at radius 2 is 1.77 bits per heavy atom. The average Bonchev–Trinajstić information content (AvgIpc) is 2.97. The first kappa shape index (κ1) is 28.7. The van der Waals surface area contributed by atoms with E-state index in [0.29, 0.717) is 25.2 Å². The van der Waals surface area contributed by atoms with Crippen LogP contribution in [0.5, 0.6) is 0 Å². The smallest absolute Gasteiger partial charge is 0.319 e. The Labute approximate surface area is 230 Å². The van der Waals surface area contributed by atoms with Crippen molar-refractivity contribution in [1.82, 2.24) is 10.2 Å². The molecule has 0 saturated carbocycles. The molecule has 1 fully saturated rings. The maximum atomic E-state index is 12.1. The van der Waals surface area contributed by atoms with Crippen molar-refractivity contribution < 1.29 is 24.5 Å². The van der Waals surface area contributed by atoms with Gasteiger partial charge in [-0.3, -0.25) is 4.90 Å². The summed E-state index contributed by atoms with van der Waals surface area (Å²) in [4.78, 5) is 14.2. The van der Waals surface area contributed by atoms with Crippen molar-refractivity contribution in [2.24, 2.45) is 0 Å². The van der Waals surface area contributed by atoms with E-state index in [4.69, 9.17) is 9.47 Å². The van der Waals surface area contributed by atoms with Gasteiger partial charge in [-0.1, -0.05) is 66.7 Å². The quantitative estimate of drug-likeness (QED) is 0.295. The van der Waals surface area contributed by atoms with Crippen LogP contribution in [-0.4, -0.2) is 53.4 Å². The van der Waals surface area contributed by atoms with Gasteiger partial charge in [-0.15, -0.1) is 0 Å². The second kappa shape index (κ2) is 13.7. The Morgan fingerprint density at radius 1 is 1.03 bits per heavy atom.